The monoisotopic (exact) mass is 388 g/mol. The van der Waals surface area contributed by atoms with E-state index in [0.717, 1.165) is 39.0 Å². The largest absolute Gasteiger partial charge is 0.466 e. The van der Waals surface area contributed by atoms with Gasteiger partial charge in [-0.3, -0.25) is 9.59 Å². The van der Waals surface area contributed by atoms with E-state index in [1.54, 1.807) is 11.3 Å². The lowest BCUT2D eigenvalue weighted by Gasteiger charge is -2.03. The van der Waals surface area contributed by atoms with Crippen molar-refractivity contribution in [3.63, 3.8) is 0 Å². The average Bonchev–Trinajstić information content (AvgIpc) is 3.22. The van der Waals surface area contributed by atoms with Gasteiger partial charge in [-0.05, 0) is 19.8 Å². The fraction of sp³-hybridized carbons (Fsp3) is 0.316. The quantitative estimate of drug-likeness (QED) is 0.730. The number of thioether (sulfide) groups is 1. The van der Waals surface area contributed by atoms with Gasteiger partial charge in [0.15, 0.2) is 0 Å². The number of rotatable bonds is 7. The first-order chi connectivity index (χ1) is 12.7. The van der Waals surface area contributed by atoms with Gasteiger partial charge in [0.1, 0.15) is 5.01 Å². The van der Waals surface area contributed by atoms with Gasteiger partial charge in [0.2, 0.25) is 5.91 Å². The molecule has 1 aromatic heterocycles. The highest BCUT2D eigenvalue weighted by molar-refractivity contribution is 8.04. The average molecular weight is 389 g/mol. The molecule has 2 aromatic rings. The molecule has 1 fully saturated rings. The van der Waals surface area contributed by atoms with Crippen LogP contribution in [0.4, 0.5) is 0 Å². The first kappa shape index (κ1) is 18.7. The standard InChI is InChI=1S/C19H20N2O3S2/c1-2-24-18(23)10-6-9-14-19(13-7-4-3-5-8-13)21-17(26-14)11-16-20-15(22)12-25-16/h3-5,7-8,11H,2,6,9-10,12H2,1H3,(H,20,22)/b16-11+. The Labute approximate surface area is 160 Å². The van der Waals surface area contributed by atoms with E-state index in [9.17, 15) is 9.59 Å². The van der Waals surface area contributed by atoms with Crippen molar-refractivity contribution in [2.24, 2.45) is 0 Å². The second kappa shape index (κ2) is 9.00. The lowest BCUT2D eigenvalue weighted by atomic mass is 10.1. The minimum Gasteiger partial charge on any atom is -0.466 e. The van der Waals surface area contributed by atoms with E-state index >= 15 is 0 Å². The molecule has 0 radical (unpaired) electrons. The van der Waals surface area contributed by atoms with Crippen molar-refractivity contribution in [2.45, 2.75) is 26.2 Å². The maximum Gasteiger partial charge on any atom is 0.305 e. The van der Waals surface area contributed by atoms with Crippen LogP contribution in [0.2, 0.25) is 0 Å². The summed E-state index contributed by atoms with van der Waals surface area (Å²) in [6, 6.07) is 10.0. The molecule has 0 atom stereocenters. The van der Waals surface area contributed by atoms with Gasteiger partial charge < -0.3 is 10.1 Å². The van der Waals surface area contributed by atoms with Crippen molar-refractivity contribution < 1.29 is 14.3 Å². The number of carbonyl (C=O) groups is 2. The number of esters is 1. The van der Waals surface area contributed by atoms with E-state index in [2.05, 4.69) is 5.32 Å². The van der Waals surface area contributed by atoms with E-state index in [1.807, 2.05) is 43.3 Å². The summed E-state index contributed by atoms with van der Waals surface area (Å²) < 4.78 is 5.00. The zero-order valence-electron chi connectivity index (χ0n) is 14.5. The molecule has 5 nitrogen and oxygen atoms in total. The van der Waals surface area contributed by atoms with Crippen LogP contribution in [0.25, 0.3) is 17.3 Å². The second-order valence-corrected chi connectivity index (χ2v) is 7.83. The Morgan fingerprint density at radius 2 is 2.15 bits per heavy atom. The molecule has 0 spiro atoms. The Morgan fingerprint density at radius 1 is 1.35 bits per heavy atom. The first-order valence-corrected chi connectivity index (χ1v) is 10.3. The summed E-state index contributed by atoms with van der Waals surface area (Å²) in [6.07, 6.45) is 3.82. The van der Waals surface area contributed by atoms with Crippen LogP contribution >= 0.6 is 23.1 Å². The summed E-state index contributed by atoms with van der Waals surface area (Å²) in [5, 5.41) is 4.53. The molecule has 1 aliphatic rings. The first-order valence-electron chi connectivity index (χ1n) is 8.51. The number of ether oxygens (including phenoxy) is 1. The minimum absolute atomic E-state index is 0.0238. The molecule has 3 rings (SSSR count). The van der Waals surface area contributed by atoms with Crippen LogP contribution in [-0.2, 0) is 20.7 Å². The molecule has 1 aliphatic heterocycles. The number of nitrogens with one attached hydrogen (secondary N) is 1. The summed E-state index contributed by atoms with van der Waals surface area (Å²) >= 11 is 3.09. The van der Waals surface area contributed by atoms with Crippen molar-refractivity contribution >= 4 is 41.1 Å². The molecule has 136 valence electrons. The zero-order chi connectivity index (χ0) is 18.4. The minimum atomic E-state index is -0.161. The molecule has 1 saturated heterocycles. The van der Waals surface area contributed by atoms with Crippen LogP contribution in [0.1, 0.15) is 29.7 Å². The Hall–Kier alpha value is -2.12. The summed E-state index contributed by atoms with van der Waals surface area (Å²) in [7, 11) is 0. The molecule has 0 saturated carbocycles. The molecule has 26 heavy (non-hydrogen) atoms. The summed E-state index contributed by atoms with van der Waals surface area (Å²) in [5.41, 5.74) is 2.00. The Bertz CT molecular complexity index is 815. The Kier molecular flexibility index (Phi) is 6.46. The highest BCUT2D eigenvalue weighted by atomic mass is 32.2. The van der Waals surface area contributed by atoms with E-state index in [0.29, 0.717) is 18.8 Å². The highest BCUT2D eigenvalue weighted by Gasteiger charge is 2.17. The molecule has 1 amide bonds. The predicted molar refractivity (Wildman–Crippen MR) is 106 cm³/mol. The molecule has 0 unspecified atom stereocenters. The molecule has 1 N–H and O–H groups in total. The van der Waals surface area contributed by atoms with E-state index in [4.69, 9.17) is 9.72 Å². The molecular formula is C19H20N2O3S2. The number of thiazole rings is 1. The molecule has 7 heteroatoms. The third kappa shape index (κ3) is 4.95. The van der Waals surface area contributed by atoms with Crippen molar-refractivity contribution in [1.82, 2.24) is 10.3 Å². The number of hydrogen-bond donors (Lipinski definition) is 1. The fourth-order valence-electron chi connectivity index (χ4n) is 2.59. The number of amides is 1. The number of carbonyl (C=O) groups excluding carboxylic acids is 2. The van der Waals surface area contributed by atoms with Crippen molar-refractivity contribution in [3.05, 3.63) is 45.2 Å². The SMILES string of the molecule is CCOC(=O)CCCc1sc(/C=C2\NC(=O)CS2)nc1-c1ccccc1. The van der Waals surface area contributed by atoms with Crippen molar-refractivity contribution in [1.29, 1.82) is 0 Å². The predicted octanol–water partition coefficient (Wildman–Crippen LogP) is 3.86. The third-order valence-corrected chi connectivity index (χ3v) is 5.73. The van der Waals surface area contributed by atoms with Crippen LogP contribution < -0.4 is 5.32 Å². The van der Waals surface area contributed by atoms with Gasteiger partial charge >= 0.3 is 5.97 Å². The smallest absolute Gasteiger partial charge is 0.305 e. The van der Waals surface area contributed by atoms with Crippen molar-refractivity contribution in [2.75, 3.05) is 12.4 Å². The van der Waals surface area contributed by atoms with Crippen molar-refractivity contribution in [3.8, 4) is 11.3 Å². The summed E-state index contributed by atoms with van der Waals surface area (Å²) in [5.74, 6) is 0.316. The number of aryl methyl sites for hydroxylation is 1. The second-order valence-electron chi connectivity index (χ2n) is 5.69. The van der Waals surface area contributed by atoms with Gasteiger partial charge in [-0.15, -0.1) is 11.3 Å². The molecule has 2 heterocycles. The molecular weight excluding hydrogens is 368 g/mol. The van der Waals surface area contributed by atoms with Gasteiger partial charge in [0, 0.05) is 22.9 Å². The lowest BCUT2D eigenvalue weighted by molar-refractivity contribution is -0.143. The fourth-order valence-corrected chi connectivity index (χ4v) is 4.48. The van der Waals surface area contributed by atoms with Gasteiger partial charge in [-0.1, -0.05) is 42.1 Å². The van der Waals surface area contributed by atoms with E-state index in [1.165, 1.54) is 11.8 Å². The van der Waals surface area contributed by atoms with E-state index in [-0.39, 0.29) is 11.9 Å². The number of nitrogens with zero attached hydrogens (tertiary/aromatic N) is 1. The zero-order valence-corrected chi connectivity index (χ0v) is 16.1. The van der Waals surface area contributed by atoms with E-state index < -0.39 is 0 Å². The van der Waals surface area contributed by atoms with Crippen LogP contribution in [0.15, 0.2) is 35.4 Å². The molecule has 1 aromatic carbocycles. The third-order valence-electron chi connectivity index (χ3n) is 3.73. The lowest BCUT2D eigenvalue weighted by Crippen LogP contribution is -2.13. The maximum atomic E-state index is 11.6. The Morgan fingerprint density at radius 3 is 2.85 bits per heavy atom. The highest BCUT2D eigenvalue weighted by Crippen LogP contribution is 2.32. The molecule has 0 aliphatic carbocycles. The van der Waals surface area contributed by atoms with Crippen LogP contribution in [0, 0.1) is 0 Å². The number of benzene rings is 1. The number of hydrogen-bond acceptors (Lipinski definition) is 6. The Balaban J connectivity index is 1.79. The topological polar surface area (TPSA) is 68.3 Å². The van der Waals surface area contributed by atoms with Gasteiger partial charge in [-0.2, -0.15) is 0 Å². The maximum absolute atomic E-state index is 11.6. The van der Waals surface area contributed by atoms with Gasteiger partial charge in [0.25, 0.3) is 0 Å². The number of aromatic nitrogens is 1. The van der Waals surface area contributed by atoms with Crippen LogP contribution in [-0.4, -0.2) is 29.2 Å². The van der Waals surface area contributed by atoms with Crippen LogP contribution in [0.3, 0.4) is 0 Å². The molecule has 0 bridgehead atoms. The van der Waals surface area contributed by atoms with Gasteiger partial charge in [-0.25, -0.2) is 4.98 Å². The van der Waals surface area contributed by atoms with Gasteiger partial charge in [0.05, 0.1) is 23.1 Å². The summed E-state index contributed by atoms with van der Waals surface area (Å²) in [6.45, 7) is 2.23. The van der Waals surface area contributed by atoms with Crippen LogP contribution in [0.5, 0.6) is 0 Å². The summed E-state index contributed by atoms with van der Waals surface area (Å²) in [4.78, 5) is 28.8. The normalized spacial score (nSPS) is 15.3.